The van der Waals surface area contributed by atoms with Crippen molar-refractivity contribution in [2.45, 2.75) is 39.7 Å². The third-order valence-electron chi connectivity index (χ3n) is 3.76. The van der Waals surface area contributed by atoms with E-state index in [2.05, 4.69) is 5.10 Å². The minimum Gasteiger partial charge on any atom is -0.479 e. The fourth-order valence-electron chi connectivity index (χ4n) is 2.43. The van der Waals surface area contributed by atoms with Crippen molar-refractivity contribution >= 4 is 23.3 Å². The minimum atomic E-state index is -1.30. The van der Waals surface area contributed by atoms with E-state index >= 15 is 0 Å². The molecule has 1 atom stereocenters. The maximum atomic E-state index is 11.9. The van der Waals surface area contributed by atoms with Crippen LogP contribution < -0.4 is 5.01 Å². The number of aryl methyl sites for hydroxylation is 2. The quantitative estimate of drug-likeness (QED) is 0.863. The van der Waals surface area contributed by atoms with Gasteiger partial charge in [0.15, 0.2) is 5.54 Å². The van der Waals surface area contributed by atoms with Gasteiger partial charge in [0, 0.05) is 6.42 Å². The highest BCUT2D eigenvalue weighted by Gasteiger charge is 2.48. The summed E-state index contributed by atoms with van der Waals surface area (Å²) in [4.78, 5) is 23.7. The van der Waals surface area contributed by atoms with Crippen molar-refractivity contribution in [3.63, 3.8) is 0 Å². The van der Waals surface area contributed by atoms with Crippen LogP contribution in [0.25, 0.3) is 0 Å². The Morgan fingerprint density at radius 1 is 1.41 bits per heavy atom. The van der Waals surface area contributed by atoms with Crippen LogP contribution in [0.2, 0.25) is 0 Å². The molecule has 6 nitrogen and oxygen atoms in total. The summed E-state index contributed by atoms with van der Waals surface area (Å²) in [5.74, 6) is -1.60. The lowest BCUT2D eigenvalue weighted by molar-refractivity contribution is -0.142. The smallest absolute Gasteiger partial charge is 0.354 e. The van der Waals surface area contributed by atoms with Gasteiger partial charge in [-0.15, -0.1) is 0 Å². The second-order valence-corrected chi connectivity index (χ2v) is 5.62. The molecule has 0 aromatic heterocycles. The Bertz CT molecular complexity index is 654. The van der Waals surface area contributed by atoms with Crippen LogP contribution in [0.1, 0.15) is 31.4 Å². The zero-order chi connectivity index (χ0) is 16.5. The summed E-state index contributed by atoms with van der Waals surface area (Å²) in [6.07, 6.45) is 0.00848. The first-order valence-electron chi connectivity index (χ1n) is 7.15. The molecule has 6 heteroatoms. The number of ether oxygens (including phenoxy) is 1. The number of benzene rings is 1. The number of hydrazone groups is 1. The first-order chi connectivity index (χ1) is 10.3. The first kappa shape index (κ1) is 16.0. The molecule has 0 radical (unpaired) electrons. The van der Waals surface area contributed by atoms with E-state index < -0.39 is 17.5 Å². The summed E-state index contributed by atoms with van der Waals surface area (Å²) >= 11 is 0. The number of nitrogens with zero attached hydrogens (tertiary/aromatic N) is 2. The molecule has 0 amide bonds. The predicted octanol–water partition coefficient (Wildman–Crippen LogP) is 2.28. The molecule has 1 N–H and O–H groups in total. The molecule has 0 aliphatic carbocycles. The number of hydrogen-bond acceptors (Lipinski definition) is 5. The van der Waals surface area contributed by atoms with Gasteiger partial charge in [0.25, 0.3) is 0 Å². The van der Waals surface area contributed by atoms with E-state index in [1.165, 1.54) is 5.01 Å². The van der Waals surface area contributed by atoms with Crippen molar-refractivity contribution < 1.29 is 19.4 Å². The highest BCUT2D eigenvalue weighted by atomic mass is 16.5. The molecule has 1 aliphatic heterocycles. The van der Waals surface area contributed by atoms with Crippen molar-refractivity contribution in [1.29, 1.82) is 0 Å². The Morgan fingerprint density at radius 2 is 2.09 bits per heavy atom. The van der Waals surface area contributed by atoms with E-state index in [1.807, 2.05) is 32.0 Å². The van der Waals surface area contributed by atoms with E-state index in [0.29, 0.717) is 5.69 Å². The van der Waals surface area contributed by atoms with Crippen LogP contribution in [-0.2, 0) is 14.3 Å². The Hall–Kier alpha value is -2.37. The molecular weight excluding hydrogens is 284 g/mol. The Balaban J connectivity index is 2.50. The third-order valence-corrected chi connectivity index (χ3v) is 3.76. The zero-order valence-electron chi connectivity index (χ0n) is 13.2. The predicted molar refractivity (Wildman–Crippen MR) is 83.1 cm³/mol. The molecule has 1 aromatic carbocycles. The lowest BCUT2D eigenvalue weighted by Crippen LogP contribution is -2.47. The number of carbonyl (C=O) groups is 2. The fraction of sp³-hybridized carbons (Fsp3) is 0.438. The van der Waals surface area contributed by atoms with Gasteiger partial charge in [-0.2, -0.15) is 5.10 Å². The van der Waals surface area contributed by atoms with Crippen LogP contribution in [0.5, 0.6) is 0 Å². The van der Waals surface area contributed by atoms with Gasteiger partial charge in [-0.05, 0) is 44.9 Å². The minimum absolute atomic E-state index is 0.00848. The summed E-state index contributed by atoms with van der Waals surface area (Å²) < 4.78 is 4.95. The average molecular weight is 304 g/mol. The molecule has 0 bridgehead atoms. The van der Waals surface area contributed by atoms with E-state index in [9.17, 15) is 14.7 Å². The number of aliphatic carboxylic acids is 1. The standard InChI is InChI=1S/C16H20N2O4/c1-5-22-14(19)12-9-16(4,15(20)21)18(17-12)13-8-10(2)6-7-11(13)3/h6-8H,5,9H2,1-4H3,(H,20,21). The second-order valence-electron chi connectivity index (χ2n) is 5.62. The van der Waals surface area contributed by atoms with Crippen LogP contribution in [0.15, 0.2) is 23.3 Å². The van der Waals surface area contributed by atoms with E-state index in [4.69, 9.17) is 4.74 Å². The van der Waals surface area contributed by atoms with Gasteiger partial charge in [0.05, 0.1) is 12.3 Å². The van der Waals surface area contributed by atoms with Crippen molar-refractivity contribution in [2.24, 2.45) is 5.10 Å². The van der Waals surface area contributed by atoms with Gasteiger partial charge in [-0.3, -0.25) is 0 Å². The number of anilines is 1. The van der Waals surface area contributed by atoms with Crippen LogP contribution in [0, 0.1) is 13.8 Å². The molecular formula is C16H20N2O4. The van der Waals surface area contributed by atoms with Crippen LogP contribution in [-0.4, -0.2) is 34.9 Å². The Kier molecular flexibility index (Phi) is 4.21. The Morgan fingerprint density at radius 3 is 2.68 bits per heavy atom. The summed E-state index contributed by atoms with van der Waals surface area (Å²) in [6.45, 7) is 7.30. The molecule has 118 valence electrons. The molecule has 22 heavy (non-hydrogen) atoms. The van der Waals surface area contributed by atoms with Crippen LogP contribution >= 0.6 is 0 Å². The number of carboxylic acids is 1. The molecule has 1 unspecified atom stereocenters. The van der Waals surface area contributed by atoms with Crippen molar-refractivity contribution in [3.8, 4) is 0 Å². The number of hydrogen-bond donors (Lipinski definition) is 1. The molecule has 0 spiro atoms. The molecule has 1 aliphatic rings. The SMILES string of the molecule is CCOC(=O)C1=NN(c2cc(C)ccc2C)C(C)(C(=O)O)C1. The number of carboxylic acid groups (broad SMARTS) is 1. The van der Waals surface area contributed by atoms with Gasteiger partial charge < -0.3 is 9.84 Å². The van der Waals surface area contributed by atoms with E-state index in [0.717, 1.165) is 11.1 Å². The molecule has 1 heterocycles. The largest absolute Gasteiger partial charge is 0.479 e. The Labute approximate surface area is 129 Å². The lowest BCUT2D eigenvalue weighted by atomic mass is 9.94. The highest BCUT2D eigenvalue weighted by molar-refractivity contribution is 6.38. The maximum Gasteiger partial charge on any atom is 0.354 e. The summed E-state index contributed by atoms with van der Waals surface area (Å²) in [5.41, 5.74) is 1.40. The number of carbonyl (C=O) groups excluding carboxylic acids is 1. The summed E-state index contributed by atoms with van der Waals surface area (Å²) in [7, 11) is 0. The van der Waals surface area contributed by atoms with Crippen molar-refractivity contribution in [3.05, 3.63) is 29.3 Å². The molecule has 0 saturated heterocycles. The molecule has 0 saturated carbocycles. The fourth-order valence-corrected chi connectivity index (χ4v) is 2.43. The van der Waals surface area contributed by atoms with Crippen molar-refractivity contribution in [2.75, 3.05) is 11.6 Å². The van der Waals surface area contributed by atoms with E-state index in [1.54, 1.807) is 13.8 Å². The van der Waals surface area contributed by atoms with Gasteiger partial charge in [-0.25, -0.2) is 14.6 Å². The highest BCUT2D eigenvalue weighted by Crippen LogP contribution is 2.35. The molecule has 1 aromatic rings. The topological polar surface area (TPSA) is 79.2 Å². The van der Waals surface area contributed by atoms with Gasteiger partial charge in [0.1, 0.15) is 5.71 Å². The lowest BCUT2D eigenvalue weighted by Gasteiger charge is -2.31. The molecule has 0 fully saturated rings. The van der Waals surface area contributed by atoms with E-state index in [-0.39, 0.29) is 18.7 Å². The van der Waals surface area contributed by atoms with Gasteiger partial charge in [-0.1, -0.05) is 12.1 Å². The second kappa shape index (κ2) is 5.79. The van der Waals surface area contributed by atoms with Crippen LogP contribution in [0.3, 0.4) is 0 Å². The van der Waals surface area contributed by atoms with Gasteiger partial charge >= 0.3 is 11.9 Å². The average Bonchev–Trinajstić information content (AvgIpc) is 2.81. The number of esters is 1. The number of rotatable bonds is 4. The maximum absolute atomic E-state index is 11.9. The normalized spacial score (nSPS) is 20.7. The summed E-state index contributed by atoms with van der Waals surface area (Å²) in [6, 6.07) is 5.72. The van der Waals surface area contributed by atoms with Gasteiger partial charge in [0.2, 0.25) is 0 Å². The van der Waals surface area contributed by atoms with Crippen LogP contribution in [0.4, 0.5) is 5.69 Å². The monoisotopic (exact) mass is 304 g/mol. The third kappa shape index (κ3) is 2.68. The summed E-state index contributed by atoms with van der Waals surface area (Å²) in [5, 5.41) is 15.3. The van der Waals surface area contributed by atoms with Crippen molar-refractivity contribution in [1.82, 2.24) is 0 Å². The molecule has 2 rings (SSSR count). The first-order valence-corrected chi connectivity index (χ1v) is 7.15. The zero-order valence-corrected chi connectivity index (χ0v) is 13.2.